The number of carbonyl (C=O) groups is 2. The number of hydrogen-bond acceptors (Lipinski definition) is 4. The third kappa shape index (κ3) is 6.72. The Morgan fingerprint density at radius 2 is 1.78 bits per heavy atom. The lowest BCUT2D eigenvalue weighted by Crippen LogP contribution is -2.43. The van der Waals surface area contributed by atoms with Gasteiger partial charge in [0.05, 0.1) is 13.5 Å². The zero-order valence-electron chi connectivity index (χ0n) is 14.7. The van der Waals surface area contributed by atoms with Crippen LogP contribution in [-0.4, -0.2) is 35.7 Å². The Hall–Kier alpha value is -2.04. The quantitative estimate of drug-likeness (QED) is 0.749. The summed E-state index contributed by atoms with van der Waals surface area (Å²) >= 11 is 0. The van der Waals surface area contributed by atoms with Gasteiger partial charge in [0, 0.05) is 12.6 Å². The normalized spacial score (nSPS) is 12.4. The molecule has 0 aliphatic heterocycles. The summed E-state index contributed by atoms with van der Waals surface area (Å²) in [6, 6.07) is 9.39. The third-order valence-electron chi connectivity index (χ3n) is 3.37. The van der Waals surface area contributed by atoms with Gasteiger partial charge < -0.3 is 14.4 Å². The fourth-order valence-electron chi connectivity index (χ4n) is 2.19. The van der Waals surface area contributed by atoms with E-state index in [0.717, 1.165) is 5.56 Å². The van der Waals surface area contributed by atoms with E-state index in [4.69, 9.17) is 9.47 Å². The van der Waals surface area contributed by atoms with Gasteiger partial charge in [-0.2, -0.15) is 0 Å². The van der Waals surface area contributed by atoms with Crippen molar-refractivity contribution in [2.24, 2.45) is 0 Å². The van der Waals surface area contributed by atoms with Gasteiger partial charge in [0.15, 0.2) is 0 Å². The Morgan fingerprint density at radius 1 is 1.17 bits per heavy atom. The minimum absolute atomic E-state index is 0.152. The van der Waals surface area contributed by atoms with Crippen LogP contribution in [0.2, 0.25) is 0 Å². The maximum Gasteiger partial charge on any atom is 0.410 e. The van der Waals surface area contributed by atoms with E-state index in [1.807, 2.05) is 58.0 Å². The van der Waals surface area contributed by atoms with E-state index in [0.29, 0.717) is 13.0 Å². The minimum Gasteiger partial charge on any atom is -0.469 e. The fourth-order valence-corrected chi connectivity index (χ4v) is 2.19. The summed E-state index contributed by atoms with van der Waals surface area (Å²) in [5.41, 5.74) is 0.400. The second-order valence-corrected chi connectivity index (χ2v) is 6.44. The molecule has 0 bridgehead atoms. The number of ether oxygens (including phenoxy) is 2. The zero-order valence-corrected chi connectivity index (χ0v) is 14.7. The van der Waals surface area contributed by atoms with Crippen LogP contribution < -0.4 is 0 Å². The smallest absolute Gasteiger partial charge is 0.410 e. The molecule has 5 nitrogen and oxygen atoms in total. The van der Waals surface area contributed by atoms with Crippen molar-refractivity contribution in [2.75, 3.05) is 7.11 Å². The van der Waals surface area contributed by atoms with Crippen molar-refractivity contribution in [2.45, 2.75) is 58.7 Å². The SMILES string of the molecule is CCC(CC(=O)OC)N(Cc1ccccc1)C(=O)OC(C)(C)C. The minimum atomic E-state index is -0.588. The number of benzene rings is 1. The molecule has 0 fully saturated rings. The van der Waals surface area contributed by atoms with Gasteiger partial charge in [-0.25, -0.2) is 4.79 Å². The van der Waals surface area contributed by atoms with Crippen molar-refractivity contribution in [1.82, 2.24) is 4.90 Å². The first-order valence-corrected chi connectivity index (χ1v) is 7.87. The molecular weight excluding hydrogens is 294 g/mol. The molecule has 23 heavy (non-hydrogen) atoms. The van der Waals surface area contributed by atoms with Crippen LogP contribution in [0.15, 0.2) is 30.3 Å². The molecule has 0 radical (unpaired) electrons. The maximum atomic E-state index is 12.6. The van der Waals surface area contributed by atoms with Crippen LogP contribution in [0.5, 0.6) is 0 Å². The summed E-state index contributed by atoms with van der Waals surface area (Å²) in [7, 11) is 1.35. The second-order valence-electron chi connectivity index (χ2n) is 6.44. The lowest BCUT2D eigenvalue weighted by molar-refractivity contribution is -0.142. The topological polar surface area (TPSA) is 55.8 Å². The number of hydrogen-bond donors (Lipinski definition) is 0. The van der Waals surface area contributed by atoms with Crippen LogP contribution in [0.3, 0.4) is 0 Å². The van der Waals surface area contributed by atoms with E-state index in [1.165, 1.54) is 7.11 Å². The molecule has 0 spiro atoms. The molecule has 128 valence electrons. The molecule has 0 aromatic heterocycles. The molecule has 0 aliphatic rings. The zero-order chi connectivity index (χ0) is 17.5. The fraction of sp³-hybridized carbons (Fsp3) is 0.556. The Kier molecular flexibility index (Phi) is 7.07. The molecule has 1 rings (SSSR count). The Morgan fingerprint density at radius 3 is 2.26 bits per heavy atom. The molecule has 1 atom stereocenters. The highest BCUT2D eigenvalue weighted by molar-refractivity contribution is 5.73. The van der Waals surface area contributed by atoms with E-state index >= 15 is 0 Å². The van der Waals surface area contributed by atoms with Crippen LogP contribution in [0.25, 0.3) is 0 Å². The van der Waals surface area contributed by atoms with Crippen molar-refractivity contribution >= 4 is 12.1 Å². The van der Waals surface area contributed by atoms with Crippen LogP contribution in [-0.2, 0) is 20.8 Å². The van der Waals surface area contributed by atoms with Crippen LogP contribution in [0.1, 0.15) is 46.1 Å². The highest BCUT2D eigenvalue weighted by Crippen LogP contribution is 2.19. The van der Waals surface area contributed by atoms with Gasteiger partial charge >= 0.3 is 12.1 Å². The summed E-state index contributed by atoms with van der Waals surface area (Å²) in [4.78, 5) is 25.8. The second kappa shape index (κ2) is 8.56. The number of rotatable bonds is 6. The van der Waals surface area contributed by atoms with Gasteiger partial charge in [-0.1, -0.05) is 37.3 Å². The molecule has 5 heteroatoms. The Bertz CT molecular complexity index is 508. The summed E-state index contributed by atoms with van der Waals surface area (Å²) in [5, 5.41) is 0. The summed E-state index contributed by atoms with van der Waals surface area (Å²) in [6.45, 7) is 7.81. The largest absolute Gasteiger partial charge is 0.469 e. The number of amides is 1. The van der Waals surface area contributed by atoms with E-state index < -0.39 is 11.7 Å². The maximum absolute atomic E-state index is 12.6. The van der Waals surface area contributed by atoms with Crippen molar-refractivity contribution < 1.29 is 19.1 Å². The number of nitrogens with zero attached hydrogens (tertiary/aromatic N) is 1. The number of carbonyl (C=O) groups excluding carboxylic acids is 2. The molecule has 0 heterocycles. The number of esters is 1. The van der Waals surface area contributed by atoms with Gasteiger partial charge in [0.2, 0.25) is 0 Å². The van der Waals surface area contributed by atoms with E-state index in [9.17, 15) is 9.59 Å². The molecule has 1 aromatic rings. The van der Waals surface area contributed by atoms with E-state index in [1.54, 1.807) is 4.90 Å². The van der Waals surface area contributed by atoms with E-state index in [-0.39, 0.29) is 18.4 Å². The van der Waals surface area contributed by atoms with Crippen molar-refractivity contribution in [3.8, 4) is 0 Å². The van der Waals surface area contributed by atoms with Gasteiger partial charge in [0.25, 0.3) is 0 Å². The van der Waals surface area contributed by atoms with Gasteiger partial charge in [0.1, 0.15) is 5.60 Å². The predicted octanol–water partition coefficient (Wildman–Crippen LogP) is 3.77. The molecule has 1 amide bonds. The van der Waals surface area contributed by atoms with Crippen molar-refractivity contribution in [1.29, 1.82) is 0 Å². The average molecular weight is 321 g/mol. The highest BCUT2D eigenvalue weighted by atomic mass is 16.6. The first-order chi connectivity index (χ1) is 10.8. The van der Waals surface area contributed by atoms with Gasteiger partial charge in [-0.15, -0.1) is 0 Å². The molecule has 0 N–H and O–H groups in total. The van der Waals surface area contributed by atoms with Crippen molar-refractivity contribution in [3.05, 3.63) is 35.9 Å². The first kappa shape index (κ1) is 19.0. The van der Waals surface area contributed by atoms with E-state index in [2.05, 4.69) is 0 Å². The summed E-state index contributed by atoms with van der Waals surface area (Å²) in [5.74, 6) is -0.335. The molecule has 0 saturated heterocycles. The molecule has 0 aliphatic carbocycles. The average Bonchev–Trinajstić information content (AvgIpc) is 2.49. The van der Waals surface area contributed by atoms with Crippen LogP contribution in [0.4, 0.5) is 4.79 Å². The van der Waals surface area contributed by atoms with Crippen molar-refractivity contribution in [3.63, 3.8) is 0 Å². The molecule has 0 saturated carbocycles. The lowest BCUT2D eigenvalue weighted by Gasteiger charge is -2.32. The first-order valence-electron chi connectivity index (χ1n) is 7.87. The molecular formula is C18H27NO4. The van der Waals surface area contributed by atoms with Crippen LogP contribution >= 0.6 is 0 Å². The Balaban J connectivity index is 2.98. The lowest BCUT2D eigenvalue weighted by atomic mass is 10.1. The summed E-state index contributed by atoms with van der Waals surface area (Å²) in [6.07, 6.45) is 0.373. The Labute approximate surface area is 138 Å². The monoisotopic (exact) mass is 321 g/mol. The standard InChI is InChI=1S/C18H27NO4/c1-6-15(12-16(20)22-5)19(17(21)23-18(2,3)4)13-14-10-8-7-9-11-14/h7-11,15H,6,12-13H2,1-5H3. The van der Waals surface area contributed by atoms with Gasteiger partial charge in [-0.3, -0.25) is 4.79 Å². The highest BCUT2D eigenvalue weighted by Gasteiger charge is 2.29. The number of methoxy groups -OCH3 is 1. The summed E-state index contributed by atoms with van der Waals surface area (Å²) < 4.78 is 10.3. The predicted molar refractivity (Wildman–Crippen MR) is 88.9 cm³/mol. The molecule has 1 aromatic carbocycles. The third-order valence-corrected chi connectivity index (χ3v) is 3.37. The van der Waals surface area contributed by atoms with Gasteiger partial charge in [-0.05, 0) is 32.8 Å². The van der Waals surface area contributed by atoms with Crippen LogP contribution in [0, 0.1) is 0 Å². The molecule has 1 unspecified atom stereocenters.